The Morgan fingerprint density at radius 2 is 1.92 bits per heavy atom. The summed E-state index contributed by atoms with van der Waals surface area (Å²) in [6.07, 6.45) is 5.20. The lowest BCUT2D eigenvalue weighted by molar-refractivity contribution is 0.121. The molecule has 3 rings (SSSR count). The maximum absolute atomic E-state index is 5.41. The molecule has 2 saturated carbocycles. The molecular formula is C21H34N2O. The summed E-state index contributed by atoms with van der Waals surface area (Å²) in [6, 6.07) is 8.99. The van der Waals surface area contributed by atoms with Crippen molar-refractivity contribution < 1.29 is 4.74 Å². The Hall–Kier alpha value is -1.06. The van der Waals surface area contributed by atoms with Crippen LogP contribution in [0.3, 0.4) is 0 Å². The van der Waals surface area contributed by atoms with E-state index in [0.717, 1.165) is 37.7 Å². The van der Waals surface area contributed by atoms with Gasteiger partial charge in [-0.3, -0.25) is 0 Å². The third-order valence-electron chi connectivity index (χ3n) is 7.25. The van der Waals surface area contributed by atoms with Crippen molar-refractivity contribution in [3.8, 4) is 5.75 Å². The van der Waals surface area contributed by atoms with Gasteiger partial charge in [0.2, 0.25) is 0 Å². The third-order valence-corrected chi connectivity index (χ3v) is 7.25. The first-order valence-electron chi connectivity index (χ1n) is 9.55. The fourth-order valence-electron chi connectivity index (χ4n) is 5.10. The molecule has 0 aromatic heterocycles. The highest BCUT2D eigenvalue weighted by molar-refractivity contribution is 5.33. The lowest BCUT2D eigenvalue weighted by Gasteiger charge is -2.39. The topological polar surface area (TPSA) is 33.3 Å². The lowest BCUT2D eigenvalue weighted by Crippen LogP contribution is -2.46. The summed E-state index contributed by atoms with van der Waals surface area (Å²) in [5, 5.41) is 7.41. The molecule has 0 unspecified atom stereocenters. The van der Waals surface area contributed by atoms with E-state index in [1.54, 1.807) is 7.11 Å². The van der Waals surface area contributed by atoms with E-state index in [9.17, 15) is 0 Å². The van der Waals surface area contributed by atoms with Crippen molar-refractivity contribution in [1.82, 2.24) is 10.6 Å². The Labute approximate surface area is 147 Å². The molecule has 0 radical (unpaired) electrons. The number of para-hydroxylation sites is 1. The summed E-state index contributed by atoms with van der Waals surface area (Å²) in [5.74, 6) is 1.91. The standard InChI is InChI=1S/C21H34N2O/c1-20(2)17-9-11-21(20,3)19(15-17)23-14-13-22-12-10-16-7-5-6-8-18(16)24-4/h5-8,17,19,22-23H,9-15H2,1-4H3/t17-,19+,21+/m1/s1. The van der Waals surface area contributed by atoms with Gasteiger partial charge in [-0.1, -0.05) is 39.0 Å². The minimum atomic E-state index is 0.481. The van der Waals surface area contributed by atoms with Gasteiger partial charge in [0.1, 0.15) is 5.75 Å². The van der Waals surface area contributed by atoms with Crippen LogP contribution < -0.4 is 15.4 Å². The average molecular weight is 331 g/mol. The molecule has 0 spiro atoms. The largest absolute Gasteiger partial charge is 0.496 e. The maximum atomic E-state index is 5.41. The van der Waals surface area contributed by atoms with E-state index in [0.29, 0.717) is 16.9 Å². The summed E-state index contributed by atoms with van der Waals surface area (Å²) < 4.78 is 5.41. The Morgan fingerprint density at radius 3 is 2.58 bits per heavy atom. The molecule has 3 nitrogen and oxygen atoms in total. The normalized spacial score (nSPS) is 30.7. The smallest absolute Gasteiger partial charge is 0.122 e. The van der Waals surface area contributed by atoms with Crippen LogP contribution in [0.5, 0.6) is 5.75 Å². The van der Waals surface area contributed by atoms with Crippen LogP contribution in [-0.2, 0) is 6.42 Å². The molecule has 3 heteroatoms. The number of fused-ring (bicyclic) bond motifs is 2. The lowest BCUT2D eigenvalue weighted by atomic mass is 9.69. The van der Waals surface area contributed by atoms with Gasteiger partial charge in [0.15, 0.2) is 0 Å². The Bertz CT molecular complexity index is 557. The monoisotopic (exact) mass is 330 g/mol. The van der Waals surface area contributed by atoms with Gasteiger partial charge in [0.05, 0.1) is 7.11 Å². The molecule has 0 aliphatic heterocycles. The molecule has 2 bridgehead atoms. The Kier molecular flexibility index (Phi) is 5.22. The van der Waals surface area contributed by atoms with E-state index in [2.05, 4.69) is 43.5 Å². The number of hydrogen-bond donors (Lipinski definition) is 2. The number of nitrogens with one attached hydrogen (secondary N) is 2. The molecule has 0 amide bonds. The van der Waals surface area contributed by atoms with E-state index < -0.39 is 0 Å². The van der Waals surface area contributed by atoms with Crippen molar-refractivity contribution in [2.24, 2.45) is 16.7 Å². The molecule has 134 valence electrons. The maximum Gasteiger partial charge on any atom is 0.122 e. The fourth-order valence-corrected chi connectivity index (χ4v) is 5.10. The zero-order valence-electron chi connectivity index (χ0n) is 15.8. The first-order valence-corrected chi connectivity index (χ1v) is 9.55. The van der Waals surface area contributed by atoms with Crippen LogP contribution in [0.4, 0.5) is 0 Å². The molecule has 3 atom stereocenters. The van der Waals surface area contributed by atoms with Crippen molar-refractivity contribution in [2.45, 2.75) is 52.5 Å². The second kappa shape index (κ2) is 7.05. The van der Waals surface area contributed by atoms with Crippen LogP contribution in [0.2, 0.25) is 0 Å². The molecule has 1 aromatic rings. The van der Waals surface area contributed by atoms with Crippen LogP contribution in [-0.4, -0.2) is 32.8 Å². The zero-order chi connectivity index (χ0) is 17.2. The molecule has 2 N–H and O–H groups in total. The van der Waals surface area contributed by atoms with E-state index >= 15 is 0 Å². The second-order valence-corrected chi connectivity index (χ2v) is 8.43. The molecule has 0 heterocycles. The Balaban J connectivity index is 1.37. The molecule has 1 aromatic carbocycles. The van der Waals surface area contributed by atoms with E-state index in [4.69, 9.17) is 4.74 Å². The highest BCUT2D eigenvalue weighted by atomic mass is 16.5. The summed E-state index contributed by atoms with van der Waals surface area (Å²) in [4.78, 5) is 0. The van der Waals surface area contributed by atoms with Gasteiger partial charge in [0, 0.05) is 19.1 Å². The van der Waals surface area contributed by atoms with Crippen molar-refractivity contribution in [1.29, 1.82) is 0 Å². The van der Waals surface area contributed by atoms with Crippen LogP contribution in [0, 0.1) is 16.7 Å². The minimum Gasteiger partial charge on any atom is -0.496 e. The summed E-state index contributed by atoms with van der Waals surface area (Å²) in [5.41, 5.74) is 2.26. The zero-order valence-corrected chi connectivity index (χ0v) is 15.8. The van der Waals surface area contributed by atoms with Crippen molar-refractivity contribution in [2.75, 3.05) is 26.7 Å². The first-order chi connectivity index (χ1) is 11.5. The van der Waals surface area contributed by atoms with Gasteiger partial charge >= 0.3 is 0 Å². The van der Waals surface area contributed by atoms with Crippen molar-refractivity contribution in [3.05, 3.63) is 29.8 Å². The highest BCUT2D eigenvalue weighted by Crippen LogP contribution is 2.65. The Morgan fingerprint density at radius 1 is 1.12 bits per heavy atom. The summed E-state index contributed by atoms with van der Waals surface area (Å²) >= 11 is 0. The van der Waals surface area contributed by atoms with Gasteiger partial charge in [-0.2, -0.15) is 0 Å². The van der Waals surface area contributed by atoms with Crippen LogP contribution >= 0.6 is 0 Å². The van der Waals surface area contributed by atoms with E-state index in [-0.39, 0.29) is 0 Å². The number of methoxy groups -OCH3 is 1. The van der Waals surface area contributed by atoms with Crippen LogP contribution in [0.15, 0.2) is 24.3 Å². The fraction of sp³-hybridized carbons (Fsp3) is 0.714. The number of rotatable bonds is 8. The molecule has 2 aliphatic carbocycles. The van der Waals surface area contributed by atoms with Gasteiger partial charge in [-0.25, -0.2) is 0 Å². The highest BCUT2D eigenvalue weighted by Gasteiger charge is 2.60. The van der Waals surface area contributed by atoms with Crippen LogP contribution in [0.25, 0.3) is 0 Å². The summed E-state index contributed by atoms with van der Waals surface area (Å²) in [7, 11) is 1.74. The van der Waals surface area contributed by atoms with Crippen molar-refractivity contribution in [3.63, 3.8) is 0 Å². The molecule has 24 heavy (non-hydrogen) atoms. The van der Waals surface area contributed by atoms with Gasteiger partial charge in [-0.05, 0) is 60.6 Å². The van der Waals surface area contributed by atoms with Crippen LogP contribution in [0.1, 0.15) is 45.6 Å². The summed E-state index contributed by atoms with van der Waals surface area (Å²) in [6.45, 7) is 10.6. The second-order valence-electron chi connectivity index (χ2n) is 8.43. The van der Waals surface area contributed by atoms with Crippen molar-refractivity contribution >= 4 is 0 Å². The molecular weight excluding hydrogens is 296 g/mol. The molecule has 2 fully saturated rings. The number of benzene rings is 1. The molecule has 0 saturated heterocycles. The SMILES string of the molecule is COc1ccccc1CCNCCN[C@H]1C[C@H]2CC[C@]1(C)C2(C)C. The predicted octanol–water partition coefficient (Wildman–Crippen LogP) is 3.63. The van der Waals surface area contributed by atoms with E-state index in [1.165, 1.54) is 24.8 Å². The van der Waals surface area contributed by atoms with Gasteiger partial charge in [-0.15, -0.1) is 0 Å². The third kappa shape index (κ3) is 3.09. The predicted molar refractivity (Wildman–Crippen MR) is 101 cm³/mol. The number of ether oxygens (including phenoxy) is 1. The van der Waals surface area contributed by atoms with E-state index in [1.807, 2.05) is 12.1 Å². The first kappa shape index (κ1) is 17.8. The average Bonchev–Trinajstić information content (AvgIpc) is 2.91. The molecule has 2 aliphatic rings. The quantitative estimate of drug-likeness (QED) is 0.714. The number of hydrogen-bond acceptors (Lipinski definition) is 3. The van der Waals surface area contributed by atoms with Gasteiger partial charge in [0.25, 0.3) is 0 Å². The minimum absolute atomic E-state index is 0.481. The van der Waals surface area contributed by atoms with Gasteiger partial charge < -0.3 is 15.4 Å².